The van der Waals surface area contributed by atoms with Gasteiger partial charge in [-0.25, -0.2) is 0 Å². The van der Waals surface area contributed by atoms with Gasteiger partial charge < -0.3 is 15.0 Å². The summed E-state index contributed by atoms with van der Waals surface area (Å²) in [4.78, 5) is 11.4. The molecular formula is C20H24N6O. The molecule has 1 aliphatic rings. The first-order valence-electron chi connectivity index (χ1n) is 9.27. The van der Waals surface area contributed by atoms with Crippen molar-refractivity contribution in [2.75, 3.05) is 36.5 Å². The molecule has 1 N–H and O–H groups in total. The van der Waals surface area contributed by atoms with Crippen LogP contribution in [0.2, 0.25) is 0 Å². The molecule has 0 aliphatic carbocycles. The van der Waals surface area contributed by atoms with Gasteiger partial charge in [-0.15, -0.1) is 5.10 Å². The van der Waals surface area contributed by atoms with Crippen LogP contribution in [0.25, 0.3) is 10.9 Å². The van der Waals surface area contributed by atoms with Crippen molar-refractivity contribution >= 4 is 22.4 Å². The quantitative estimate of drug-likeness (QED) is 0.762. The van der Waals surface area contributed by atoms with Crippen molar-refractivity contribution in [3.63, 3.8) is 0 Å². The number of hydrogen-bond donors (Lipinski definition) is 1. The molecule has 3 aromatic rings. The van der Waals surface area contributed by atoms with E-state index in [0.717, 1.165) is 65.7 Å². The van der Waals surface area contributed by atoms with Gasteiger partial charge in [-0.2, -0.15) is 5.10 Å². The number of aromatic nitrogens is 4. The van der Waals surface area contributed by atoms with Gasteiger partial charge in [0, 0.05) is 30.4 Å². The number of fused-ring (bicyclic) bond motifs is 1. The van der Waals surface area contributed by atoms with Gasteiger partial charge in [-0.3, -0.25) is 9.97 Å². The van der Waals surface area contributed by atoms with E-state index < -0.39 is 0 Å². The molecule has 1 fully saturated rings. The molecule has 4 rings (SSSR count). The summed E-state index contributed by atoms with van der Waals surface area (Å²) in [5, 5.41) is 13.2. The lowest BCUT2D eigenvalue weighted by atomic mass is 10.1. The first-order chi connectivity index (χ1) is 13.1. The Morgan fingerprint density at radius 1 is 1.11 bits per heavy atom. The van der Waals surface area contributed by atoms with E-state index >= 15 is 0 Å². The first-order valence-corrected chi connectivity index (χ1v) is 9.27. The van der Waals surface area contributed by atoms with Crippen molar-refractivity contribution in [1.29, 1.82) is 0 Å². The third kappa shape index (κ3) is 3.55. The molecule has 1 saturated heterocycles. The van der Waals surface area contributed by atoms with Crippen LogP contribution in [0.5, 0.6) is 0 Å². The predicted molar refractivity (Wildman–Crippen MR) is 106 cm³/mol. The summed E-state index contributed by atoms with van der Waals surface area (Å²) in [6.45, 7) is 9.30. The van der Waals surface area contributed by atoms with Crippen LogP contribution in [0.1, 0.15) is 29.9 Å². The molecule has 140 valence electrons. The molecule has 0 amide bonds. The third-order valence-electron chi connectivity index (χ3n) is 5.01. The van der Waals surface area contributed by atoms with Crippen molar-refractivity contribution in [2.24, 2.45) is 0 Å². The molecule has 1 atom stereocenters. The highest BCUT2D eigenvalue weighted by Gasteiger charge is 2.17. The van der Waals surface area contributed by atoms with E-state index in [2.05, 4.69) is 49.4 Å². The van der Waals surface area contributed by atoms with E-state index in [9.17, 15) is 0 Å². The Balaban J connectivity index is 1.71. The second-order valence-corrected chi connectivity index (χ2v) is 6.87. The van der Waals surface area contributed by atoms with E-state index in [1.165, 1.54) is 0 Å². The lowest BCUT2D eigenvalue weighted by Gasteiger charge is -2.28. The minimum atomic E-state index is 0.0611. The molecule has 7 nitrogen and oxygen atoms in total. The SMILES string of the molecule is Cc1ncccc1[C@@H](C)Nc1nnc(C)c2ncc(N3CCOCC3)cc12. The number of rotatable bonds is 4. The second-order valence-electron chi connectivity index (χ2n) is 6.87. The van der Waals surface area contributed by atoms with Crippen molar-refractivity contribution in [1.82, 2.24) is 20.2 Å². The van der Waals surface area contributed by atoms with Crippen molar-refractivity contribution in [2.45, 2.75) is 26.8 Å². The molecule has 0 aromatic carbocycles. The van der Waals surface area contributed by atoms with Crippen LogP contribution in [-0.4, -0.2) is 46.5 Å². The van der Waals surface area contributed by atoms with Crippen LogP contribution in [0.3, 0.4) is 0 Å². The van der Waals surface area contributed by atoms with Crippen LogP contribution in [-0.2, 0) is 4.74 Å². The molecule has 0 unspecified atom stereocenters. The van der Waals surface area contributed by atoms with Crippen molar-refractivity contribution in [3.8, 4) is 0 Å². The highest BCUT2D eigenvalue weighted by molar-refractivity contribution is 5.92. The highest BCUT2D eigenvalue weighted by Crippen LogP contribution is 2.29. The number of hydrogen-bond acceptors (Lipinski definition) is 7. The maximum Gasteiger partial charge on any atom is 0.158 e. The van der Waals surface area contributed by atoms with E-state index in [0.29, 0.717) is 0 Å². The molecule has 7 heteroatoms. The molecule has 0 saturated carbocycles. The Hall–Kier alpha value is -2.80. The average molecular weight is 364 g/mol. The van der Waals surface area contributed by atoms with Gasteiger partial charge in [0.2, 0.25) is 0 Å². The molecule has 27 heavy (non-hydrogen) atoms. The lowest BCUT2D eigenvalue weighted by Crippen LogP contribution is -2.36. The third-order valence-corrected chi connectivity index (χ3v) is 5.01. The zero-order valence-corrected chi connectivity index (χ0v) is 15.9. The molecule has 0 spiro atoms. The number of nitrogens with zero attached hydrogens (tertiary/aromatic N) is 5. The number of aryl methyl sites for hydroxylation is 2. The number of pyridine rings is 2. The van der Waals surface area contributed by atoms with Gasteiger partial charge in [0.05, 0.1) is 42.4 Å². The standard InChI is InChI=1S/C20H24N6O/c1-13-17(5-4-6-21-13)14(2)23-20-18-11-16(26-7-9-27-10-8-26)12-22-19(18)15(3)24-25-20/h4-6,11-12,14H,7-10H2,1-3H3,(H,23,25)/t14-/m1/s1. The summed E-state index contributed by atoms with van der Waals surface area (Å²) >= 11 is 0. The van der Waals surface area contributed by atoms with Gasteiger partial charge in [0.1, 0.15) is 0 Å². The van der Waals surface area contributed by atoms with E-state index in [1.54, 1.807) is 0 Å². The van der Waals surface area contributed by atoms with Gasteiger partial charge in [0.25, 0.3) is 0 Å². The van der Waals surface area contributed by atoms with Crippen LogP contribution >= 0.6 is 0 Å². The average Bonchev–Trinajstić information content (AvgIpc) is 2.71. The van der Waals surface area contributed by atoms with Crippen molar-refractivity contribution in [3.05, 3.63) is 47.5 Å². The fourth-order valence-electron chi connectivity index (χ4n) is 3.49. The van der Waals surface area contributed by atoms with E-state index in [1.807, 2.05) is 32.3 Å². The van der Waals surface area contributed by atoms with E-state index in [4.69, 9.17) is 4.74 Å². The summed E-state index contributed by atoms with van der Waals surface area (Å²) in [5.41, 5.74) is 4.94. The second kappa shape index (κ2) is 7.44. The monoisotopic (exact) mass is 364 g/mol. The molecule has 1 aliphatic heterocycles. The topological polar surface area (TPSA) is 76.1 Å². The van der Waals surface area contributed by atoms with Crippen LogP contribution in [0.15, 0.2) is 30.6 Å². The van der Waals surface area contributed by atoms with Crippen LogP contribution in [0.4, 0.5) is 11.5 Å². The number of morpholine rings is 1. The van der Waals surface area contributed by atoms with Gasteiger partial charge in [-0.1, -0.05) is 6.07 Å². The summed E-state index contributed by atoms with van der Waals surface area (Å²) in [5.74, 6) is 0.744. The summed E-state index contributed by atoms with van der Waals surface area (Å²) in [6.07, 6.45) is 3.73. The Kier molecular flexibility index (Phi) is 4.85. The fraction of sp³-hybridized carbons (Fsp3) is 0.400. The summed E-state index contributed by atoms with van der Waals surface area (Å²) < 4.78 is 5.46. The molecular weight excluding hydrogens is 340 g/mol. The molecule has 0 bridgehead atoms. The maximum absolute atomic E-state index is 5.46. The smallest absolute Gasteiger partial charge is 0.158 e. The minimum absolute atomic E-state index is 0.0611. The van der Waals surface area contributed by atoms with Crippen LogP contribution < -0.4 is 10.2 Å². The Bertz CT molecular complexity index is 954. The zero-order valence-electron chi connectivity index (χ0n) is 15.9. The summed E-state index contributed by atoms with van der Waals surface area (Å²) in [6, 6.07) is 6.25. The van der Waals surface area contributed by atoms with Gasteiger partial charge >= 0.3 is 0 Å². The normalized spacial score (nSPS) is 15.7. The van der Waals surface area contributed by atoms with Crippen molar-refractivity contribution < 1.29 is 4.74 Å². The lowest BCUT2D eigenvalue weighted by molar-refractivity contribution is 0.122. The summed E-state index contributed by atoms with van der Waals surface area (Å²) in [7, 11) is 0. The predicted octanol–water partition coefficient (Wildman–Crippen LogP) is 3.05. The number of anilines is 2. The zero-order chi connectivity index (χ0) is 18.8. The number of ether oxygens (including phenoxy) is 1. The molecule has 3 aromatic heterocycles. The minimum Gasteiger partial charge on any atom is -0.378 e. The van der Waals surface area contributed by atoms with E-state index in [-0.39, 0.29) is 6.04 Å². The Labute approximate surface area is 158 Å². The molecule has 0 radical (unpaired) electrons. The fourth-order valence-corrected chi connectivity index (χ4v) is 3.49. The maximum atomic E-state index is 5.46. The van der Waals surface area contributed by atoms with Gasteiger partial charge in [0.15, 0.2) is 5.82 Å². The Morgan fingerprint density at radius 3 is 2.70 bits per heavy atom. The van der Waals surface area contributed by atoms with Crippen LogP contribution in [0, 0.1) is 13.8 Å². The first kappa shape index (κ1) is 17.6. The Morgan fingerprint density at radius 2 is 1.93 bits per heavy atom. The largest absolute Gasteiger partial charge is 0.378 e. The van der Waals surface area contributed by atoms with Gasteiger partial charge in [-0.05, 0) is 38.5 Å². The highest BCUT2D eigenvalue weighted by atomic mass is 16.5. The molecule has 4 heterocycles. The number of nitrogens with one attached hydrogen (secondary N) is 1.